The Kier molecular flexibility index (Phi) is 6.42. The van der Waals surface area contributed by atoms with E-state index in [1.54, 1.807) is 11.3 Å². The molecule has 4 heteroatoms. The van der Waals surface area contributed by atoms with E-state index in [-0.39, 0.29) is 0 Å². The van der Waals surface area contributed by atoms with Crippen LogP contribution in [0, 0.1) is 0 Å². The zero-order valence-electron chi connectivity index (χ0n) is 27.9. The van der Waals surface area contributed by atoms with Crippen molar-refractivity contribution < 1.29 is 4.42 Å². The monoisotopic (exact) mass is 680 g/mol. The first kappa shape index (κ1) is 29.1. The lowest BCUT2D eigenvalue weighted by molar-refractivity contribution is 0.669. The molecule has 0 saturated carbocycles. The van der Waals surface area contributed by atoms with Gasteiger partial charge in [-0.1, -0.05) is 127 Å². The molecule has 0 bridgehead atoms. The number of fused-ring (bicyclic) bond motifs is 8. The van der Waals surface area contributed by atoms with E-state index in [0.29, 0.717) is 5.82 Å². The highest BCUT2D eigenvalue weighted by molar-refractivity contribution is 7.26. The van der Waals surface area contributed by atoms with Crippen molar-refractivity contribution in [3.63, 3.8) is 0 Å². The molecule has 0 amide bonds. The first-order valence-corrected chi connectivity index (χ1v) is 18.3. The van der Waals surface area contributed by atoms with Gasteiger partial charge in [0, 0.05) is 32.0 Å². The van der Waals surface area contributed by atoms with Gasteiger partial charge >= 0.3 is 0 Å². The smallest absolute Gasteiger partial charge is 0.161 e. The van der Waals surface area contributed by atoms with E-state index in [4.69, 9.17) is 14.4 Å². The molecule has 0 fully saturated rings. The zero-order valence-corrected chi connectivity index (χ0v) is 28.7. The van der Waals surface area contributed by atoms with E-state index in [1.165, 1.54) is 37.4 Å². The number of rotatable bonds is 4. The van der Waals surface area contributed by atoms with Gasteiger partial charge in [-0.2, -0.15) is 0 Å². The summed E-state index contributed by atoms with van der Waals surface area (Å²) in [4.78, 5) is 10.7. The summed E-state index contributed by atoms with van der Waals surface area (Å²) < 4.78 is 8.88. The molecule has 3 aromatic heterocycles. The molecular formula is C48H28N2OS. The summed E-state index contributed by atoms with van der Waals surface area (Å²) in [7, 11) is 0. The predicted molar refractivity (Wildman–Crippen MR) is 219 cm³/mol. The highest BCUT2D eigenvalue weighted by Gasteiger charge is 2.20. The molecule has 0 spiro atoms. The Hall–Kier alpha value is -6.62. The average molecular weight is 681 g/mol. The number of furan rings is 1. The van der Waals surface area contributed by atoms with Crippen LogP contribution in [0.2, 0.25) is 0 Å². The van der Waals surface area contributed by atoms with Crippen LogP contribution in [0.5, 0.6) is 0 Å². The molecule has 0 unspecified atom stereocenters. The molecule has 0 radical (unpaired) electrons. The van der Waals surface area contributed by atoms with Crippen LogP contribution < -0.4 is 0 Å². The zero-order chi connectivity index (χ0) is 34.2. The number of thiophene rings is 1. The fraction of sp³-hybridized carbons (Fsp3) is 0. The maximum atomic E-state index is 6.58. The van der Waals surface area contributed by atoms with Crippen molar-refractivity contribution in [1.82, 2.24) is 9.97 Å². The maximum absolute atomic E-state index is 6.58. The third kappa shape index (κ3) is 4.65. The summed E-state index contributed by atoms with van der Waals surface area (Å²) in [5, 5.41) is 8.05. The molecule has 0 aliphatic rings. The molecule has 0 N–H and O–H groups in total. The highest BCUT2D eigenvalue weighted by Crippen LogP contribution is 2.43. The highest BCUT2D eigenvalue weighted by atomic mass is 32.1. The van der Waals surface area contributed by atoms with Gasteiger partial charge < -0.3 is 4.42 Å². The fourth-order valence-corrected chi connectivity index (χ4v) is 8.82. The van der Waals surface area contributed by atoms with Crippen molar-refractivity contribution >= 4 is 75.1 Å². The molecule has 52 heavy (non-hydrogen) atoms. The van der Waals surface area contributed by atoms with Gasteiger partial charge in [0.25, 0.3) is 0 Å². The standard InChI is InChI=1S/C48H28N2OS/c1-2-9-29(10-3-1)32-18-19-34-26-35(21-20-33(34)25-32)36-23-24-38-42(28-36)51-41-15-8-14-40(44(38)41)48-49-45(37-22-17-30-11-4-5-12-31(30)27-37)47-46(50-48)39-13-6-7-16-43(39)52-47/h1-28H. The Morgan fingerprint density at radius 3 is 1.94 bits per heavy atom. The molecule has 11 rings (SSSR count). The van der Waals surface area contributed by atoms with Gasteiger partial charge in [-0.05, 0) is 86.3 Å². The van der Waals surface area contributed by atoms with E-state index in [9.17, 15) is 0 Å². The molecular weight excluding hydrogens is 653 g/mol. The summed E-state index contributed by atoms with van der Waals surface area (Å²) >= 11 is 1.76. The van der Waals surface area contributed by atoms with Crippen molar-refractivity contribution in [2.24, 2.45) is 0 Å². The van der Waals surface area contributed by atoms with Gasteiger partial charge in [0.1, 0.15) is 11.2 Å². The Morgan fingerprint density at radius 2 is 1.08 bits per heavy atom. The Bertz CT molecular complexity index is 3190. The summed E-state index contributed by atoms with van der Waals surface area (Å²) in [6.45, 7) is 0. The normalized spacial score (nSPS) is 11.8. The molecule has 0 aliphatic heterocycles. The topological polar surface area (TPSA) is 38.9 Å². The van der Waals surface area contributed by atoms with Crippen molar-refractivity contribution in [2.75, 3.05) is 0 Å². The number of hydrogen-bond acceptors (Lipinski definition) is 4. The first-order valence-electron chi connectivity index (χ1n) is 17.5. The summed E-state index contributed by atoms with van der Waals surface area (Å²) in [5.41, 5.74) is 10.4. The lowest BCUT2D eigenvalue weighted by Gasteiger charge is -2.09. The SMILES string of the molecule is c1ccc(-c2ccc3cc(-c4ccc5c(c4)oc4cccc(-c6nc(-c7ccc8ccccc8c7)c7sc8ccccc8c7n6)c45)ccc3c2)cc1. The van der Waals surface area contributed by atoms with Crippen LogP contribution in [0.25, 0.3) is 109 Å². The van der Waals surface area contributed by atoms with E-state index in [1.807, 2.05) is 12.1 Å². The Balaban J connectivity index is 1.06. The lowest BCUT2D eigenvalue weighted by atomic mass is 9.97. The molecule has 0 aliphatic carbocycles. The Morgan fingerprint density at radius 1 is 0.423 bits per heavy atom. The lowest BCUT2D eigenvalue weighted by Crippen LogP contribution is -1.94. The maximum Gasteiger partial charge on any atom is 0.161 e. The largest absolute Gasteiger partial charge is 0.456 e. The average Bonchev–Trinajstić information content (AvgIpc) is 3.78. The second kappa shape index (κ2) is 11.5. The van der Waals surface area contributed by atoms with Gasteiger partial charge in [0.2, 0.25) is 0 Å². The molecule has 242 valence electrons. The molecule has 3 heterocycles. The van der Waals surface area contributed by atoms with Crippen molar-refractivity contribution in [3.05, 3.63) is 170 Å². The second-order valence-corrected chi connectivity index (χ2v) is 14.4. The number of hydrogen-bond donors (Lipinski definition) is 0. The first-order chi connectivity index (χ1) is 25.7. The molecule has 8 aromatic carbocycles. The van der Waals surface area contributed by atoms with Crippen LogP contribution in [0.1, 0.15) is 0 Å². The van der Waals surface area contributed by atoms with E-state index in [2.05, 4.69) is 158 Å². The van der Waals surface area contributed by atoms with Crippen LogP contribution in [-0.2, 0) is 0 Å². The number of aromatic nitrogens is 2. The minimum absolute atomic E-state index is 0.695. The van der Waals surface area contributed by atoms with Crippen LogP contribution in [0.4, 0.5) is 0 Å². The van der Waals surface area contributed by atoms with E-state index >= 15 is 0 Å². The minimum atomic E-state index is 0.695. The number of nitrogens with zero attached hydrogens (tertiary/aromatic N) is 2. The van der Waals surface area contributed by atoms with Crippen LogP contribution in [0.15, 0.2) is 174 Å². The summed E-state index contributed by atoms with van der Waals surface area (Å²) in [6.07, 6.45) is 0. The molecule has 0 atom stereocenters. The molecule has 11 aromatic rings. The second-order valence-electron chi connectivity index (χ2n) is 13.4. The van der Waals surface area contributed by atoms with Crippen LogP contribution in [0.3, 0.4) is 0 Å². The van der Waals surface area contributed by atoms with Gasteiger partial charge in [0.15, 0.2) is 5.82 Å². The third-order valence-electron chi connectivity index (χ3n) is 10.3. The fourth-order valence-electron chi connectivity index (χ4n) is 7.67. The van der Waals surface area contributed by atoms with E-state index in [0.717, 1.165) is 65.5 Å². The van der Waals surface area contributed by atoms with Crippen molar-refractivity contribution in [1.29, 1.82) is 0 Å². The number of benzene rings is 8. The quantitative estimate of drug-likeness (QED) is 0.186. The Labute approximate surface area is 303 Å². The van der Waals surface area contributed by atoms with Crippen LogP contribution in [-0.4, -0.2) is 9.97 Å². The minimum Gasteiger partial charge on any atom is -0.456 e. The third-order valence-corrected chi connectivity index (χ3v) is 11.4. The van der Waals surface area contributed by atoms with Gasteiger partial charge in [-0.3, -0.25) is 0 Å². The van der Waals surface area contributed by atoms with Crippen LogP contribution >= 0.6 is 11.3 Å². The summed E-state index contributed by atoms with van der Waals surface area (Å²) in [6, 6.07) is 60.3. The predicted octanol–water partition coefficient (Wildman–Crippen LogP) is 13.7. The van der Waals surface area contributed by atoms with Crippen molar-refractivity contribution in [2.45, 2.75) is 0 Å². The van der Waals surface area contributed by atoms with Crippen molar-refractivity contribution in [3.8, 4) is 44.9 Å². The van der Waals surface area contributed by atoms with Gasteiger partial charge in [-0.25, -0.2) is 9.97 Å². The summed E-state index contributed by atoms with van der Waals surface area (Å²) in [5.74, 6) is 0.695. The molecule has 3 nitrogen and oxygen atoms in total. The van der Waals surface area contributed by atoms with Gasteiger partial charge in [-0.15, -0.1) is 11.3 Å². The van der Waals surface area contributed by atoms with E-state index < -0.39 is 0 Å². The molecule has 0 saturated heterocycles. The van der Waals surface area contributed by atoms with Gasteiger partial charge in [0.05, 0.1) is 15.9 Å².